The van der Waals surface area contributed by atoms with Gasteiger partial charge in [-0.15, -0.1) is 0 Å². The maximum absolute atomic E-state index is 11.4. The van der Waals surface area contributed by atoms with Crippen LogP contribution in [-0.2, 0) is 11.8 Å². The van der Waals surface area contributed by atoms with E-state index in [9.17, 15) is 4.79 Å². The molecule has 0 bridgehead atoms. The lowest BCUT2D eigenvalue weighted by molar-refractivity contribution is 0.0601. The number of nitrogens with zero attached hydrogens (tertiary/aromatic N) is 2. The molecular formula is C19H18N2O2. The summed E-state index contributed by atoms with van der Waals surface area (Å²) in [4.78, 5) is 16.0. The number of aryl methyl sites for hydroxylation is 1. The highest BCUT2D eigenvalue weighted by atomic mass is 16.5. The van der Waals surface area contributed by atoms with Crippen LogP contribution < -0.4 is 0 Å². The maximum atomic E-state index is 11.4. The highest BCUT2D eigenvalue weighted by Gasteiger charge is 2.09. The van der Waals surface area contributed by atoms with Gasteiger partial charge in [-0.25, -0.2) is 4.79 Å². The maximum Gasteiger partial charge on any atom is 0.337 e. The van der Waals surface area contributed by atoms with Crippen molar-refractivity contribution in [3.63, 3.8) is 0 Å². The molecule has 1 aromatic heterocycles. The lowest BCUT2D eigenvalue weighted by atomic mass is 10.1. The Bertz CT molecular complexity index is 890. The molecule has 116 valence electrons. The molecule has 0 unspecified atom stereocenters. The molecule has 0 atom stereocenters. The second-order valence-corrected chi connectivity index (χ2v) is 5.37. The number of benzene rings is 2. The van der Waals surface area contributed by atoms with Crippen LogP contribution in [0.1, 0.15) is 21.6 Å². The monoisotopic (exact) mass is 306 g/mol. The van der Waals surface area contributed by atoms with Crippen LogP contribution >= 0.6 is 0 Å². The molecular weight excluding hydrogens is 288 g/mol. The number of aromatic nitrogens is 1. The van der Waals surface area contributed by atoms with E-state index in [1.165, 1.54) is 23.7 Å². The van der Waals surface area contributed by atoms with Crippen LogP contribution in [0.5, 0.6) is 0 Å². The summed E-state index contributed by atoms with van der Waals surface area (Å²) in [5, 5.41) is 1.18. The van der Waals surface area contributed by atoms with Gasteiger partial charge in [-0.3, -0.25) is 4.99 Å². The second-order valence-electron chi connectivity index (χ2n) is 5.37. The number of esters is 1. The van der Waals surface area contributed by atoms with Gasteiger partial charge in [0.05, 0.1) is 18.4 Å². The predicted octanol–water partition coefficient (Wildman–Crippen LogP) is 4.02. The van der Waals surface area contributed by atoms with E-state index >= 15 is 0 Å². The van der Waals surface area contributed by atoms with Crippen LogP contribution in [0, 0.1) is 6.92 Å². The second kappa shape index (κ2) is 6.08. The van der Waals surface area contributed by atoms with Crippen molar-refractivity contribution in [1.82, 2.24) is 4.57 Å². The van der Waals surface area contributed by atoms with Crippen LogP contribution in [0.15, 0.2) is 53.5 Å². The molecule has 0 saturated carbocycles. The summed E-state index contributed by atoms with van der Waals surface area (Å²) in [6.45, 7) is 2.09. The normalized spacial score (nSPS) is 11.3. The first-order valence-electron chi connectivity index (χ1n) is 7.38. The average Bonchev–Trinajstić information content (AvgIpc) is 2.84. The minimum Gasteiger partial charge on any atom is -0.465 e. The Morgan fingerprint density at radius 3 is 2.52 bits per heavy atom. The molecule has 23 heavy (non-hydrogen) atoms. The Morgan fingerprint density at radius 2 is 1.83 bits per heavy atom. The van der Waals surface area contributed by atoms with Crippen LogP contribution in [0.3, 0.4) is 0 Å². The number of aliphatic imine (C=N–C) groups is 1. The molecule has 0 aliphatic heterocycles. The van der Waals surface area contributed by atoms with E-state index in [0.29, 0.717) is 5.56 Å². The quantitative estimate of drug-likeness (QED) is 0.542. The highest BCUT2D eigenvalue weighted by Crippen LogP contribution is 2.24. The number of fused-ring (bicyclic) bond motifs is 1. The molecule has 0 amide bonds. The Labute approximate surface area is 135 Å². The summed E-state index contributed by atoms with van der Waals surface area (Å²) >= 11 is 0. The van der Waals surface area contributed by atoms with E-state index in [1.807, 2.05) is 30.5 Å². The molecule has 1 heterocycles. The minimum absolute atomic E-state index is 0.342. The summed E-state index contributed by atoms with van der Waals surface area (Å²) in [5.41, 5.74) is 4.78. The van der Waals surface area contributed by atoms with E-state index < -0.39 is 0 Å². The molecule has 0 aliphatic rings. The smallest absolute Gasteiger partial charge is 0.337 e. The largest absolute Gasteiger partial charge is 0.465 e. The molecule has 4 heteroatoms. The molecule has 4 nitrogen and oxygen atoms in total. The number of hydrogen-bond acceptors (Lipinski definition) is 3. The van der Waals surface area contributed by atoms with Gasteiger partial charge >= 0.3 is 5.97 Å². The lowest BCUT2D eigenvalue weighted by Crippen LogP contribution is -1.99. The van der Waals surface area contributed by atoms with Crippen molar-refractivity contribution in [1.29, 1.82) is 0 Å². The first kappa shape index (κ1) is 15.0. The molecule has 0 N–H and O–H groups in total. The van der Waals surface area contributed by atoms with Gasteiger partial charge in [-0.2, -0.15) is 0 Å². The molecule has 0 fully saturated rings. The molecule has 3 rings (SSSR count). The number of para-hydroxylation sites is 1. The van der Waals surface area contributed by atoms with Gasteiger partial charge in [-0.1, -0.05) is 18.2 Å². The van der Waals surface area contributed by atoms with Crippen molar-refractivity contribution >= 4 is 28.8 Å². The fraction of sp³-hybridized carbons (Fsp3) is 0.158. The fourth-order valence-electron chi connectivity index (χ4n) is 2.65. The summed E-state index contributed by atoms with van der Waals surface area (Å²) in [7, 11) is 3.43. The third-order valence-corrected chi connectivity index (χ3v) is 4.08. The van der Waals surface area contributed by atoms with Gasteiger partial charge in [0.1, 0.15) is 0 Å². The van der Waals surface area contributed by atoms with Gasteiger partial charge in [0.25, 0.3) is 0 Å². The highest BCUT2D eigenvalue weighted by molar-refractivity contribution is 6.01. The Kier molecular flexibility index (Phi) is 3.98. The van der Waals surface area contributed by atoms with Crippen LogP contribution in [0.25, 0.3) is 10.9 Å². The Morgan fingerprint density at radius 1 is 1.13 bits per heavy atom. The van der Waals surface area contributed by atoms with Crippen molar-refractivity contribution in [3.05, 3.63) is 65.4 Å². The van der Waals surface area contributed by atoms with Gasteiger partial charge in [0.15, 0.2) is 0 Å². The number of methoxy groups -OCH3 is 1. The molecule has 0 saturated heterocycles. The zero-order valence-electron chi connectivity index (χ0n) is 13.4. The van der Waals surface area contributed by atoms with Crippen molar-refractivity contribution in [2.24, 2.45) is 12.0 Å². The topological polar surface area (TPSA) is 43.6 Å². The zero-order chi connectivity index (χ0) is 16.4. The number of carbonyl (C=O) groups excluding carboxylic acids is 1. The van der Waals surface area contributed by atoms with Crippen LogP contribution in [0.4, 0.5) is 5.69 Å². The average molecular weight is 306 g/mol. The summed E-state index contributed by atoms with van der Waals surface area (Å²) in [6.07, 6.45) is 1.88. The van der Waals surface area contributed by atoms with E-state index in [4.69, 9.17) is 4.74 Å². The molecule has 0 radical (unpaired) electrons. The van der Waals surface area contributed by atoms with Gasteiger partial charge < -0.3 is 9.30 Å². The third kappa shape index (κ3) is 2.75. The number of carbonyl (C=O) groups is 1. The van der Waals surface area contributed by atoms with Crippen molar-refractivity contribution in [3.8, 4) is 0 Å². The third-order valence-electron chi connectivity index (χ3n) is 4.08. The van der Waals surface area contributed by atoms with Crippen molar-refractivity contribution < 1.29 is 9.53 Å². The summed E-state index contributed by atoms with van der Waals surface area (Å²) in [5.74, 6) is -0.342. The molecule has 2 aromatic carbocycles. The van der Waals surface area contributed by atoms with E-state index in [-0.39, 0.29) is 5.97 Å². The lowest BCUT2D eigenvalue weighted by Gasteiger charge is -1.99. The van der Waals surface area contributed by atoms with Crippen LogP contribution in [-0.4, -0.2) is 23.9 Å². The number of hydrogen-bond donors (Lipinski definition) is 0. The minimum atomic E-state index is -0.342. The molecule has 3 aromatic rings. The SMILES string of the molecule is COC(=O)c1ccc(N=Cc2c(C)n(C)c3ccccc23)cc1. The van der Waals surface area contributed by atoms with Crippen molar-refractivity contribution in [2.75, 3.05) is 7.11 Å². The fourth-order valence-corrected chi connectivity index (χ4v) is 2.65. The Balaban J connectivity index is 1.94. The first-order chi connectivity index (χ1) is 11.1. The van der Waals surface area contributed by atoms with E-state index in [0.717, 1.165) is 11.3 Å². The molecule has 0 spiro atoms. The van der Waals surface area contributed by atoms with Gasteiger partial charge in [-0.05, 0) is 37.3 Å². The number of ether oxygens (including phenoxy) is 1. The van der Waals surface area contributed by atoms with Crippen LogP contribution in [0.2, 0.25) is 0 Å². The predicted molar refractivity (Wildman–Crippen MR) is 92.7 cm³/mol. The molecule has 0 aliphatic carbocycles. The Hall–Kier alpha value is -2.88. The van der Waals surface area contributed by atoms with E-state index in [2.05, 4.69) is 35.7 Å². The standard InChI is InChI=1S/C19H18N2O2/c1-13-17(16-6-4-5-7-18(16)21(13)2)12-20-15-10-8-14(9-11-15)19(22)23-3/h4-12H,1-3H3. The summed E-state index contributed by atoms with van der Waals surface area (Å²) < 4.78 is 6.86. The number of rotatable bonds is 3. The van der Waals surface area contributed by atoms with Gasteiger partial charge in [0, 0.05) is 35.4 Å². The van der Waals surface area contributed by atoms with Crippen molar-refractivity contribution in [2.45, 2.75) is 6.92 Å². The van der Waals surface area contributed by atoms with Gasteiger partial charge in [0.2, 0.25) is 0 Å². The first-order valence-corrected chi connectivity index (χ1v) is 7.38. The van der Waals surface area contributed by atoms with E-state index in [1.54, 1.807) is 12.1 Å². The zero-order valence-corrected chi connectivity index (χ0v) is 13.4. The summed E-state index contributed by atoms with van der Waals surface area (Å²) in [6, 6.07) is 15.3.